The lowest BCUT2D eigenvalue weighted by Gasteiger charge is -2.12. The normalized spacial score (nSPS) is 12.0. The van der Waals surface area contributed by atoms with Gasteiger partial charge in [0, 0.05) is 37.3 Å². The van der Waals surface area contributed by atoms with Crippen molar-refractivity contribution >= 4 is 53.1 Å². The Morgan fingerprint density at radius 1 is 0.742 bits per heavy atom. The molecule has 6 rings (SSSR count). The Balaban J connectivity index is 1.68. The van der Waals surface area contributed by atoms with Crippen molar-refractivity contribution in [3.63, 3.8) is 0 Å². The van der Waals surface area contributed by atoms with Gasteiger partial charge in [-0.2, -0.15) is 0 Å². The van der Waals surface area contributed by atoms with Crippen LogP contribution < -0.4 is 0 Å². The average Bonchev–Trinajstić information content (AvgIpc) is 3.17. The highest BCUT2D eigenvalue weighted by atomic mass is 32.1. The first-order valence-electron chi connectivity index (χ1n) is 10.9. The molecule has 2 heterocycles. The molecule has 0 aliphatic rings. The van der Waals surface area contributed by atoms with Gasteiger partial charge in [0.15, 0.2) is 0 Å². The predicted molar refractivity (Wildman–Crippen MR) is 136 cm³/mol. The van der Waals surface area contributed by atoms with Crippen LogP contribution in [-0.4, -0.2) is 4.98 Å². The standard InChI is InChI=1S/C29H23NS/c1-18(2)15-21-16-20(17-26-24-9-5-6-10-27(24)31-29(21)26)28-25-12-11-19-7-3-4-8-22(19)23(25)13-14-30-28/h3-14,16-18H,15H2,1-2H3. The maximum absolute atomic E-state index is 4.88. The maximum atomic E-state index is 4.88. The van der Waals surface area contributed by atoms with Gasteiger partial charge in [0.2, 0.25) is 0 Å². The highest BCUT2D eigenvalue weighted by Gasteiger charge is 2.15. The van der Waals surface area contributed by atoms with Gasteiger partial charge in [0.25, 0.3) is 0 Å². The van der Waals surface area contributed by atoms with Crippen LogP contribution in [0.25, 0.3) is 53.0 Å². The van der Waals surface area contributed by atoms with Gasteiger partial charge in [-0.1, -0.05) is 68.4 Å². The van der Waals surface area contributed by atoms with E-state index in [0.717, 1.165) is 12.1 Å². The fourth-order valence-electron chi connectivity index (χ4n) is 4.79. The lowest BCUT2D eigenvalue weighted by Crippen LogP contribution is -1.96. The number of rotatable bonds is 3. The molecule has 0 fully saturated rings. The molecule has 150 valence electrons. The molecule has 0 N–H and O–H groups in total. The molecule has 6 aromatic rings. The van der Waals surface area contributed by atoms with E-state index in [0.29, 0.717) is 5.92 Å². The number of aromatic nitrogens is 1. The van der Waals surface area contributed by atoms with E-state index in [1.807, 2.05) is 17.5 Å². The number of thiophene rings is 1. The van der Waals surface area contributed by atoms with Gasteiger partial charge in [-0.25, -0.2) is 0 Å². The Morgan fingerprint density at radius 2 is 1.55 bits per heavy atom. The molecule has 0 unspecified atom stereocenters. The molecule has 0 radical (unpaired) electrons. The number of fused-ring (bicyclic) bond motifs is 6. The molecule has 2 heteroatoms. The highest BCUT2D eigenvalue weighted by molar-refractivity contribution is 7.26. The summed E-state index contributed by atoms with van der Waals surface area (Å²) in [7, 11) is 0. The lowest BCUT2D eigenvalue weighted by atomic mass is 9.94. The SMILES string of the molecule is CC(C)Cc1cc(-c2nccc3c2ccc2ccccc23)cc2c1sc1ccccc12. The zero-order valence-corrected chi connectivity index (χ0v) is 18.5. The van der Waals surface area contributed by atoms with Crippen LogP contribution in [0.2, 0.25) is 0 Å². The zero-order valence-electron chi connectivity index (χ0n) is 17.7. The van der Waals surface area contributed by atoms with E-state index in [4.69, 9.17) is 4.98 Å². The summed E-state index contributed by atoms with van der Waals surface area (Å²) in [5.41, 5.74) is 3.72. The quantitative estimate of drug-likeness (QED) is 0.263. The van der Waals surface area contributed by atoms with Gasteiger partial charge in [-0.15, -0.1) is 11.3 Å². The van der Waals surface area contributed by atoms with Crippen LogP contribution >= 0.6 is 11.3 Å². The van der Waals surface area contributed by atoms with Crippen molar-refractivity contribution < 1.29 is 0 Å². The first kappa shape index (κ1) is 18.5. The molecule has 0 amide bonds. The Kier molecular flexibility index (Phi) is 4.29. The summed E-state index contributed by atoms with van der Waals surface area (Å²) in [5.74, 6) is 0.605. The number of nitrogens with zero attached hydrogens (tertiary/aromatic N) is 1. The minimum Gasteiger partial charge on any atom is -0.256 e. The zero-order chi connectivity index (χ0) is 20.9. The molecule has 2 aromatic heterocycles. The van der Waals surface area contributed by atoms with Crippen LogP contribution in [0.3, 0.4) is 0 Å². The molecule has 31 heavy (non-hydrogen) atoms. The largest absolute Gasteiger partial charge is 0.256 e. The van der Waals surface area contributed by atoms with Crippen LogP contribution in [0.5, 0.6) is 0 Å². The minimum atomic E-state index is 0.605. The van der Waals surface area contributed by atoms with E-state index < -0.39 is 0 Å². The maximum Gasteiger partial charge on any atom is 0.0780 e. The first-order chi connectivity index (χ1) is 15.2. The molecule has 0 saturated heterocycles. The second-order valence-electron chi connectivity index (χ2n) is 8.75. The van der Waals surface area contributed by atoms with E-state index in [-0.39, 0.29) is 0 Å². The van der Waals surface area contributed by atoms with Crippen molar-refractivity contribution in [1.29, 1.82) is 0 Å². The summed E-state index contributed by atoms with van der Waals surface area (Å²) >= 11 is 1.92. The molecule has 0 bridgehead atoms. The lowest BCUT2D eigenvalue weighted by molar-refractivity contribution is 0.651. The Labute approximate surface area is 186 Å². The van der Waals surface area contributed by atoms with Crippen molar-refractivity contribution in [1.82, 2.24) is 4.98 Å². The van der Waals surface area contributed by atoms with Crippen molar-refractivity contribution in [2.45, 2.75) is 20.3 Å². The van der Waals surface area contributed by atoms with Crippen LogP contribution in [0.4, 0.5) is 0 Å². The van der Waals surface area contributed by atoms with Crippen molar-refractivity contribution in [3.05, 3.63) is 90.6 Å². The Morgan fingerprint density at radius 3 is 2.42 bits per heavy atom. The van der Waals surface area contributed by atoms with Crippen molar-refractivity contribution in [3.8, 4) is 11.3 Å². The fraction of sp³-hybridized carbons (Fsp3) is 0.138. The van der Waals surface area contributed by atoms with E-state index in [9.17, 15) is 0 Å². The van der Waals surface area contributed by atoms with E-state index in [1.165, 1.54) is 52.8 Å². The monoisotopic (exact) mass is 417 g/mol. The van der Waals surface area contributed by atoms with Gasteiger partial charge in [-0.05, 0) is 58.3 Å². The van der Waals surface area contributed by atoms with Crippen LogP contribution in [0.1, 0.15) is 19.4 Å². The summed E-state index contributed by atoms with van der Waals surface area (Å²) in [6.07, 6.45) is 3.03. The smallest absolute Gasteiger partial charge is 0.0780 e. The van der Waals surface area contributed by atoms with Gasteiger partial charge < -0.3 is 0 Å². The molecule has 0 spiro atoms. The average molecular weight is 418 g/mol. The third kappa shape index (κ3) is 3.02. The molecule has 0 aliphatic heterocycles. The van der Waals surface area contributed by atoms with Crippen LogP contribution in [0, 0.1) is 5.92 Å². The van der Waals surface area contributed by atoms with E-state index in [1.54, 1.807) is 0 Å². The number of hydrogen-bond acceptors (Lipinski definition) is 2. The molecular formula is C29H23NS. The third-order valence-electron chi connectivity index (χ3n) is 6.13. The van der Waals surface area contributed by atoms with Gasteiger partial charge in [-0.3, -0.25) is 4.98 Å². The second-order valence-corrected chi connectivity index (χ2v) is 9.80. The first-order valence-corrected chi connectivity index (χ1v) is 11.7. The molecular weight excluding hydrogens is 394 g/mol. The number of benzene rings is 4. The van der Waals surface area contributed by atoms with Crippen LogP contribution in [0.15, 0.2) is 85.1 Å². The number of pyridine rings is 1. The highest BCUT2D eigenvalue weighted by Crippen LogP contribution is 2.40. The minimum absolute atomic E-state index is 0.605. The summed E-state index contributed by atoms with van der Waals surface area (Å²) in [6, 6.07) is 28.7. The topological polar surface area (TPSA) is 12.9 Å². The fourth-order valence-corrected chi connectivity index (χ4v) is 6.00. The summed E-state index contributed by atoms with van der Waals surface area (Å²) in [5, 5.41) is 7.74. The van der Waals surface area contributed by atoms with Gasteiger partial charge in [0.05, 0.1) is 5.69 Å². The second kappa shape index (κ2) is 7.18. The predicted octanol–water partition coefficient (Wildman–Crippen LogP) is 8.62. The van der Waals surface area contributed by atoms with Gasteiger partial charge in [0.1, 0.15) is 0 Å². The van der Waals surface area contributed by atoms with Crippen molar-refractivity contribution in [2.24, 2.45) is 5.92 Å². The molecule has 0 atom stereocenters. The molecule has 0 saturated carbocycles. The van der Waals surface area contributed by atoms with E-state index >= 15 is 0 Å². The van der Waals surface area contributed by atoms with E-state index in [2.05, 4.69) is 92.7 Å². The molecule has 4 aromatic carbocycles. The Hall–Kier alpha value is -3.23. The van der Waals surface area contributed by atoms with Crippen LogP contribution in [-0.2, 0) is 6.42 Å². The number of hydrogen-bond donors (Lipinski definition) is 0. The summed E-state index contributed by atoms with van der Waals surface area (Å²) in [4.78, 5) is 4.88. The molecule has 0 aliphatic carbocycles. The third-order valence-corrected chi connectivity index (χ3v) is 7.39. The molecule has 1 nitrogen and oxygen atoms in total. The van der Waals surface area contributed by atoms with Gasteiger partial charge >= 0.3 is 0 Å². The Bertz CT molecular complexity index is 1590. The van der Waals surface area contributed by atoms with Crippen molar-refractivity contribution in [2.75, 3.05) is 0 Å². The summed E-state index contributed by atoms with van der Waals surface area (Å²) in [6.45, 7) is 4.60. The summed E-state index contributed by atoms with van der Waals surface area (Å²) < 4.78 is 2.78.